The highest BCUT2D eigenvalue weighted by Crippen LogP contribution is 2.26. The summed E-state index contributed by atoms with van der Waals surface area (Å²) in [4.78, 5) is 5.35. The molecule has 2 N–H and O–H groups in total. The molecule has 0 spiro atoms. The van der Waals surface area contributed by atoms with Crippen LogP contribution in [0.25, 0.3) is 0 Å². The van der Waals surface area contributed by atoms with Gasteiger partial charge >= 0.3 is 0 Å². The van der Waals surface area contributed by atoms with E-state index in [-0.39, 0.29) is 6.54 Å². The lowest BCUT2D eigenvalue weighted by molar-refractivity contribution is 0.578. The van der Waals surface area contributed by atoms with E-state index in [1.165, 1.54) is 22.7 Å². The van der Waals surface area contributed by atoms with E-state index in [0.29, 0.717) is 11.4 Å². The number of thiazole rings is 1. The fourth-order valence-corrected chi connectivity index (χ4v) is 5.25. The second kappa shape index (κ2) is 7.46. The van der Waals surface area contributed by atoms with Crippen LogP contribution >= 0.6 is 22.7 Å². The molecule has 0 aliphatic heterocycles. The van der Waals surface area contributed by atoms with Crippen molar-refractivity contribution in [2.75, 3.05) is 6.54 Å². The summed E-state index contributed by atoms with van der Waals surface area (Å²) in [6.45, 7) is 5.60. The molecule has 0 unspecified atom stereocenters. The molecule has 0 bridgehead atoms. The highest BCUT2D eigenvalue weighted by Gasteiger charge is 2.22. The number of sulfonamides is 1. The molecular weight excluding hydrogens is 326 g/mol. The molecule has 0 saturated carbocycles. The highest BCUT2D eigenvalue weighted by molar-refractivity contribution is 7.89. The van der Waals surface area contributed by atoms with Gasteiger partial charge in [0.15, 0.2) is 0 Å². The lowest BCUT2D eigenvalue weighted by atomic mass is 10.3. The molecule has 0 fully saturated rings. The van der Waals surface area contributed by atoms with Gasteiger partial charge in [0.05, 0.1) is 17.7 Å². The second-order valence-electron chi connectivity index (χ2n) is 4.65. The minimum absolute atomic E-state index is 0.225. The van der Waals surface area contributed by atoms with E-state index in [0.717, 1.165) is 29.1 Å². The summed E-state index contributed by atoms with van der Waals surface area (Å²) in [7, 11) is -3.51. The van der Waals surface area contributed by atoms with Gasteiger partial charge in [0.2, 0.25) is 10.0 Å². The van der Waals surface area contributed by atoms with Crippen molar-refractivity contribution in [2.45, 2.75) is 38.3 Å². The molecule has 0 atom stereocenters. The van der Waals surface area contributed by atoms with Crippen molar-refractivity contribution in [3.8, 4) is 0 Å². The van der Waals surface area contributed by atoms with Gasteiger partial charge in [-0.05, 0) is 30.8 Å². The summed E-state index contributed by atoms with van der Waals surface area (Å²) >= 11 is 2.94. The lowest BCUT2D eigenvalue weighted by Gasteiger charge is -2.09. The molecule has 0 saturated heterocycles. The molecule has 5 nitrogen and oxygen atoms in total. The zero-order valence-electron chi connectivity index (χ0n) is 12.0. The van der Waals surface area contributed by atoms with Gasteiger partial charge in [-0.2, -0.15) is 0 Å². The highest BCUT2D eigenvalue weighted by atomic mass is 32.2. The molecule has 8 heteroatoms. The predicted octanol–water partition coefficient (Wildman–Crippen LogP) is 2.49. The van der Waals surface area contributed by atoms with E-state index in [9.17, 15) is 8.42 Å². The van der Waals surface area contributed by atoms with Crippen molar-refractivity contribution in [1.29, 1.82) is 0 Å². The number of rotatable bonds is 8. The number of thiophene rings is 1. The Labute approximate surface area is 133 Å². The molecule has 0 radical (unpaired) electrons. The van der Waals surface area contributed by atoms with Crippen LogP contribution in [0.4, 0.5) is 0 Å². The molecule has 21 heavy (non-hydrogen) atoms. The average molecular weight is 346 g/mol. The fourth-order valence-electron chi connectivity index (χ4n) is 1.91. The van der Waals surface area contributed by atoms with Crippen LogP contribution in [0, 0.1) is 6.92 Å². The molecule has 0 amide bonds. The van der Waals surface area contributed by atoms with E-state index in [1.807, 2.05) is 17.7 Å². The number of aromatic nitrogens is 1. The van der Waals surface area contributed by atoms with Gasteiger partial charge in [-0.1, -0.05) is 6.92 Å². The van der Waals surface area contributed by atoms with Crippen molar-refractivity contribution in [3.63, 3.8) is 0 Å². The maximum Gasteiger partial charge on any atom is 0.242 e. The number of hydrogen-bond donors (Lipinski definition) is 2. The quantitative estimate of drug-likeness (QED) is 0.721. The monoisotopic (exact) mass is 345 g/mol. The Morgan fingerprint density at radius 2 is 2.10 bits per heavy atom. The van der Waals surface area contributed by atoms with Crippen molar-refractivity contribution in [1.82, 2.24) is 15.0 Å². The molecule has 0 aliphatic carbocycles. The maximum absolute atomic E-state index is 12.5. The predicted molar refractivity (Wildman–Crippen MR) is 87.2 cm³/mol. The third-order valence-electron chi connectivity index (χ3n) is 2.90. The van der Waals surface area contributed by atoms with Crippen LogP contribution in [0.5, 0.6) is 0 Å². The fraction of sp³-hybridized carbons (Fsp3) is 0.462. The molecule has 2 rings (SSSR count). The van der Waals surface area contributed by atoms with Gasteiger partial charge < -0.3 is 5.32 Å². The van der Waals surface area contributed by atoms with Crippen LogP contribution in [0.2, 0.25) is 0 Å². The third kappa shape index (κ3) is 4.33. The summed E-state index contributed by atoms with van der Waals surface area (Å²) in [5, 5.41) is 6.98. The first-order chi connectivity index (χ1) is 10.0. The summed E-state index contributed by atoms with van der Waals surface area (Å²) in [5.41, 5.74) is 3.22. The lowest BCUT2D eigenvalue weighted by Crippen LogP contribution is -2.25. The van der Waals surface area contributed by atoms with Crippen LogP contribution in [0.15, 0.2) is 21.2 Å². The zero-order valence-corrected chi connectivity index (χ0v) is 14.5. The number of aryl methyl sites for hydroxylation is 1. The maximum atomic E-state index is 12.5. The van der Waals surface area contributed by atoms with Gasteiger partial charge in [-0.15, -0.1) is 22.7 Å². The first-order valence-corrected chi connectivity index (χ1v) is 9.99. The van der Waals surface area contributed by atoms with Gasteiger partial charge in [0.1, 0.15) is 4.90 Å². The Bertz CT molecular complexity index is 663. The van der Waals surface area contributed by atoms with Gasteiger partial charge in [-0.25, -0.2) is 18.1 Å². The van der Waals surface area contributed by atoms with Crippen LogP contribution in [-0.4, -0.2) is 19.9 Å². The van der Waals surface area contributed by atoms with Gasteiger partial charge in [0, 0.05) is 16.8 Å². The Morgan fingerprint density at radius 1 is 1.29 bits per heavy atom. The standard InChI is InChI=1S/C13H19N3O2S3/c1-3-4-14-6-12-13(10(2)7-20-12)21(17,18)16-5-11-8-19-9-15-11/h7-9,14,16H,3-6H2,1-2H3. The normalized spacial score (nSPS) is 11.9. The largest absolute Gasteiger partial charge is 0.312 e. The average Bonchev–Trinajstić information content (AvgIpc) is 3.07. The molecule has 116 valence electrons. The van der Waals surface area contributed by atoms with Crippen molar-refractivity contribution in [2.24, 2.45) is 0 Å². The zero-order chi connectivity index (χ0) is 15.3. The molecule has 0 aromatic carbocycles. The smallest absolute Gasteiger partial charge is 0.242 e. The number of hydrogen-bond acceptors (Lipinski definition) is 6. The van der Waals surface area contributed by atoms with E-state index >= 15 is 0 Å². The van der Waals surface area contributed by atoms with E-state index < -0.39 is 10.0 Å². The Morgan fingerprint density at radius 3 is 2.76 bits per heavy atom. The topological polar surface area (TPSA) is 71.1 Å². The van der Waals surface area contributed by atoms with E-state index in [2.05, 4.69) is 21.9 Å². The molecular formula is C13H19N3O2S3. The molecule has 2 aromatic rings. The van der Waals surface area contributed by atoms with Crippen LogP contribution in [-0.2, 0) is 23.1 Å². The third-order valence-corrected chi connectivity index (χ3v) is 6.40. The van der Waals surface area contributed by atoms with Crippen molar-refractivity contribution >= 4 is 32.7 Å². The van der Waals surface area contributed by atoms with Crippen LogP contribution < -0.4 is 10.0 Å². The first kappa shape index (κ1) is 16.6. The van der Waals surface area contributed by atoms with Crippen molar-refractivity contribution in [3.05, 3.63) is 32.4 Å². The molecule has 0 aliphatic rings. The number of nitrogens with zero attached hydrogens (tertiary/aromatic N) is 1. The van der Waals surface area contributed by atoms with Crippen LogP contribution in [0.1, 0.15) is 29.5 Å². The van der Waals surface area contributed by atoms with Crippen LogP contribution in [0.3, 0.4) is 0 Å². The summed E-state index contributed by atoms with van der Waals surface area (Å²) in [6, 6.07) is 0. The molecule has 2 aromatic heterocycles. The summed E-state index contributed by atoms with van der Waals surface area (Å²) in [6.07, 6.45) is 1.02. The summed E-state index contributed by atoms with van der Waals surface area (Å²) < 4.78 is 27.6. The van der Waals surface area contributed by atoms with Gasteiger partial charge in [-0.3, -0.25) is 0 Å². The SMILES string of the molecule is CCCNCc1scc(C)c1S(=O)(=O)NCc1cscn1. The number of nitrogens with one attached hydrogen (secondary N) is 2. The van der Waals surface area contributed by atoms with Gasteiger partial charge in [0.25, 0.3) is 0 Å². The minimum Gasteiger partial charge on any atom is -0.312 e. The van der Waals surface area contributed by atoms with Crippen molar-refractivity contribution < 1.29 is 8.42 Å². The Balaban J connectivity index is 2.13. The van der Waals surface area contributed by atoms with E-state index in [4.69, 9.17) is 0 Å². The molecule has 2 heterocycles. The second-order valence-corrected chi connectivity index (χ2v) is 8.04. The minimum atomic E-state index is -3.51. The summed E-state index contributed by atoms with van der Waals surface area (Å²) in [5.74, 6) is 0. The Hall–Kier alpha value is -0.800. The Kier molecular flexibility index (Phi) is 5.88. The first-order valence-electron chi connectivity index (χ1n) is 6.69. The van der Waals surface area contributed by atoms with E-state index in [1.54, 1.807) is 5.51 Å².